The van der Waals surface area contributed by atoms with Crippen molar-refractivity contribution in [2.45, 2.75) is 25.8 Å². The number of nitrogens with zero attached hydrogens (tertiary/aromatic N) is 1. The highest BCUT2D eigenvalue weighted by molar-refractivity contribution is 5.87. The monoisotopic (exact) mass is 169 g/mol. The van der Waals surface area contributed by atoms with Crippen LogP contribution in [0.1, 0.15) is 19.8 Å². The molecule has 0 aliphatic carbocycles. The highest BCUT2D eigenvalue weighted by atomic mass is 16.3. The van der Waals surface area contributed by atoms with Crippen molar-refractivity contribution in [3.05, 3.63) is 12.2 Å². The Morgan fingerprint density at radius 1 is 1.75 bits per heavy atom. The van der Waals surface area contributed by atoms with E-state index in [0.29, 0.717) is 0 Å². The lowest BCUT2D eigenvalue weighted by molar-refractivity contribution is -0.127. The van der Waals surface area contributed by atoms with Gasteiger partial charge in [0, 0.05) is 6.54 Å². The normalized spacial score (nSPS) is 23.8. The molecule has 1 aliphatic rings. The molecule has 3 heteroatoms. The molecule has 1 N–H and O–H groups in total. The lowest BCUT2D eigenvalue weighted by atomic mass is 10.2. The largest absolute Gasteiger partial charge is 0.394 e. The molecule has 68 valence electrons. The van der Waals surface area contributed by atoms with Crippen LogP contribution in [-0.4, -0.2) is 35.1 Å². The topological polar surface area (TPSA) is 40.5 Å². The summed E-state index contributed by atoms with van der Waals surface area (Å²) in [7, 11) is 0. The number of carbonyl (C=O) groups excluding carboxylic acids is 1. The van der Waals surface area contributed by atoms with Gasteiger partial charge in [-0.2, -0.15) is 0 Å². The molecule has 0 aromatic rings. The van der Waals surface area contributed by atoms with Crippen LogP contribution in [0.3, 0.4) is 0 Å². The Kier molecular flexibility index (Phi) is 3.29. The van der Waals surface area contributed by atoms with Crippen LogP contribution < -0.4 is 0 Å². The number of rotatable bonds is 2. The molecule has 0 saturated carbocycles. The molecular formula is C9H15NO2. The fraction of sp³-hybridized carbons (Fsp3) is 0.667. The van der Waals surface area contributed by atoms with E-state index in [1.165, 1.54) is 0 Å². The van der Waals surface area contributed by atoms with Gasteiger partial charge in [-0.1, -0.05) is 6.08 Å². The zero-order valence-corrected chi connectivity index (χ0v) is 7.36. The molecule has 3 nitrogen and oxygen atoms in total. The lowest BCUT2D eigenvalue weighted by Crippen LogP contribution is -2.36. The summed E-state index contributed by atoms with van der Waals surface area (Å²) in [5.74, 6) is 0.0223. The van der Waals surface area contributed by atoms with Crippen LogP contribution in [0, 0.1) is 0 Å². The van der Waals surface area contributed by atoms with Gasteiger partial charge in [0.15, 0.2) is 0 Å². The summed E-state index contributed by atoms with van der Waals surface area (Å²) < 4.78 is 0. The number of aliphatic hydroxyl groups excluding tert-OH is 1. The van der Waals surface area contributed by atoms with E-state index in [4.69, 9.17) is 5.11 Å². The number of hydrogen-bond donors (Lipinski definition) is 1. The van der Waals surface area contributed by atoms with Gasteiger partial charge in [0.25, 0.3) is 0 Å². The number of carbonyl (C=O) groups is 1. The Balaban J connectivity index is 2.55. The molecular weight excluding hydrogens is 154 g/mol. The maximum Gasteiger partial charge on any atom is 0.246 e. The lowest BCUT2D eigenvalue weighted by Gasteiger charge is -2.21. The summed E-state index contributed by atoms with van der Waals surface area (Å²) in [6.45, 7) is 2.69. The molecule has 1 aliphatic heterocycles. The summed E-state index contributed by atoms with van der Waals surface area (Å²) in [4.78, 5) is 13.1. The Bertz CT molecular complexity index is 189. The molecule has 0 aromatic carbocycles. The first kappa shape index (κ1) is 9.26. The van der Waals surface area contributed by atoms with Crippen LogP contribution in [0.5, 0.6) is 0 Å². The van der Waals surface area contributed by atoms with Gasteiger partial charge in [0.05, 0.1) is 12.6 Å². The Morgan fingerprint density at radius 3 is 3.08 bits per heavy atom. The van der Waals surface area contributed by atoms with Gasteiger partial charge in [0.2, 0.25) is 5.91 Å². The zero-order valence-electron chi connectivity index (χ0n) is 7.36. The second-order valence-corrected chi connectivity index (χ2v) is 3.01. The number of likely N-dealkylation sites (tertiary alicyclic amines) is 1. The first-order chi connectivity index (χ1) is 5.79. The number of aliphatic hydroxyl groups is 1. The van der Waals surface area contributed by atoms with Crippen LogP contribution in [0.2, 0.25) is 0 Å². The fourth-order valence-electron chi connectivity index (χ4n) is 1.55. The van der Waals surface area contributed by atoms with Crippen LogP contribution >= 0.6 is 0 Å². The van der Waals surface area contributed by atoms with Crippen molar-refractivity contribution in [3.63, 3.8) is 0 Å². The molecule has 1 saturated heterocycles. The van der Waals surface area contributed by atoms with Crippen molar-refractivity contribution in [1.82, 2.24) is 4.90 Å². The van der Waals surface area contributed by atoms with Gasteiger partial charge in [-0.3, -0.25) is 4.79 Å². The second-order valence-electron chi connectivity index (χ2n) is 3.01. The smallest absolute Gasteiger partial charge is 0.246 e. The highest BCUT2D eigenvalue weighted by Crippen LogP contribution is 2.16. The number of amides is 1. The summed E-state index contributed by atoms with van der Waals surface area (Å²) >= 11 is 0. The van der Waals surface area contributed by atoms with Crippen LogP contribution in [0.4, 0.5) is 0 Å². The minimum absolute atomic E-state index is 0.0223. The highest BCUT2D eigenvalue weighted by Gasteiger charge is 2.26. The van der Waals surface area contributed by atoms with Gasteiger partial charge in [-0.05, 0) is 25.8 Å². The Hall–Kier alpha value is -0.830. The van der Waals surface area contributed by atoms with Gasteiger partial charge >= 0.3 is 0 Å². The predicted molar refractivity (Wildman–Crippen MR) is 46.6 cm³/mol. The standard InChI is InChI=1S/C9H15NO2/c1-2-4-9(12)10-6-3-5-8(10)7-11/h2,4,8,11H,3,5-7H2,1H3/b4-2+. The van der Waals surface area contributed by atoms with E-state index in [1.54, 1.807) is 17.1 Å². The third-order valence-corrected chi connectivity index (χ3v) is 2.18. The van der Waals surface area contributed by atoms with E-state index in [-0.39, 0.29) is 18.6 Å². The maximum atomic E-state index is 11.3. The quantitative estimate of drug-likeness (QED) is 0.613. The average Bonchev–Trinajstić information content (AvgIpc) is 2.51. The summed E-state index contributed by atoms with van der Waals surface area (Å²) in [6, 6.07) is 0.0497. The number of allylic oxidation sites excluding steroid dienone is 1. The Morgan fingerprint density at radius 2 is 2.50 bits per heavy atom. The molecule has 0 radical (unpaired) electrons. The molecule has 0 aromatic heterocycles. The van der Waals surface area contributed by atoms with E-state index < -0.39 is 0 Å². The van der Waals surface area contributed by atoms with Gasteiger partial charge in [-0.25, -0.2) is 0 Å². The van der Waals surface area contributed by atoms with Crippen LogP contribution in [-0.2, 0) is 4.79 Å². The van der Waals surface area contributed by atoms with Crippen molar-refractivity contribution < 1.29 is 9.90 Å². The summed E-state index contributed by atoms with van der Waals surface area (Å²) in [5.41, 5.74) is 0. The third-order valence-electron chi connectivity index (χ3n) is 2.18. The van der Waals surface area contributed by atoms with Gasteiger partial charge < -0.3 is 10.0 Å². The maximum absolute atomic E-state index is 11.3. The minimum Gasteiger partial charge on any atom is -0.394 e. The van der Waals surface area contributed by atoms with Gasteiger partial charge in [-0.15, -0.1) is 0 Å². The Labute approximate surface area is 72.7 Å². The average molecular weight is 169 g/mol. The molecule has 0 spiro atoms. The molecule has 1 atom stereocenters. The first-order valence-corrected chi connectivity index (χ1v) is 4.33. The van der Waals surface area contributed by atoms with E-state index in [1.807, 2.05) is 6.92 Å². The SMILES string of the molecule is C/C=C/C(=O)N1CCCC1CO. The van der Waals surface area contributed by atoms with Crippen molar-refractivity contribution in [1.29, 1.82) is 0 Å². The molecule has 1 unspecified atom stereocenters. The minimum atomic E-state index is 0.0223. The number of hydrogen-bond acceptors (Lipinski definition) is 2. The van der Waals surface area contributed by atoms with Crippen LogP contribution in [0.25, 0.3) is 0 Å². The molecule has 1 heterocycles. The van der Waals surface area contributed by atoms with E-state index in [0.717, 1.165) is 19.4 Å². The predicted octanol–water partition coefficient (Wildman–Crippen LogP) is 0.546. The summed E-state index contributed by atoms with van der Waals surface area (Å²) in [6.07, 6.45) is 5.22. The van der Waals surface area contributed by atoms with Crippen molar-refractivity contribution in [2.24, 2.45) is 0 Å². The van der Waals surface area contributed by atoms with E-state index >= 15 is 0 Å². The first-order valence-electron chi connectivity index (χ1n) is 4.33. The van der Waals surface area contributed by atoms with Crippen molar-refractivity contribution >= 4 is 5.91 Å². The van der Waals surface area contributed by atoms with Crippen molar-refractivity contribution in [2.75, 3.05) is 13.2 Å². The van der Waals surface area contributed by atoms with Crippen molar-refractivity contribution in [3.8, 4) is 0 Å². The van der Waals surface area contributed by atoms with Gasteiger partial charge in [0.1, 0.15) is 0 Å². The van der Waals surface area contributed by atoms with E-state index in [2.05, 4.69) is 0 Å². The molecule has 12 heavy (non-hydrogen) atoms. The van der Waals surface area contributed by atoms with E-state index in [9.17, 15) is 4.79 Å². The fourth-order valence-corrected chi connectivity index (χ4v) is 1.55. The molecule has 1 rings (SSSR count). The third kappa shape index (κ3) is 1.85. The molecule has 1 fully saturated rings. The zero-order chi connectivity index (χ0) is 8.97. The summed E-state index contributed by atoms with van der Waals surface area (Å²) in [5, 5.41) is 8.94. The van der Waals surface area contributed by atoms with Crippen LogP contribution in [0.15, 0.2) is 12.2 Å². The molecule has 1 amide bonds. The second kappa shape index (κ2) is 4.26. The molecule has 0 bridgehead atoms.